The molecule has 2 atom stereocenters. The third-order valence-corrected chi connectivity index (χ3v) is 4.32. The Morgan fingerprint density at radius 1 is 1.60 bits per heavy atom. The highest BCUT2D eigenvalue weighted by molar-refractivity contribution is 8.06. The molecule has 1 aliphatic rings. The molecule has 0 aromatic rings. The fourth-order valence-corrected chi connectivity index (χ4v) is 3.55. The molecule has 3 heteroatoms. The molecule has 2 N–H and O–H groups in total. The lowest BCUT2D eigenvalue weighted by molar-refractivity contribution is 0.830. The molecule has 1 saturated heterocycles. The molecule has 0 radical (unpaired) electrons. The second-order valence-electron chi connectivity index (χ2n) is 2.18. The zero-order chi connectivity index (χ0) is 7.40. The van der Waals surface area contributed by atoms with Crippen LogP contribution in [-0.4, -0.2) is 28.6 Å². The van der Waals surface area contributed by atoms with Gasteiger partial charge in [-0.05, 0) is 0 Å². The van der Waals surface area contributed by atoms with Gasteiger partial charge in [0.05, 0.1) is 6.04 Å². The Bertz CT molecular complexity index is 135. The maximum Gasteiger partial charge on any atom is 0.0790 e. The van der Waals surface area contributed by atoms with E-state index in [1.165, 1.54) is 11.5 Å². The minimum absolute atomic E-state index is 0.0437. The van der Waals surface area contributed by atoms with E-state index in [0.717, 1.165) is 5.75 Å². The van der Waals surface area contributed by atoms with E-state index in [9.17, 15) is 0 Å². The van der Waals surface area contributed by atoms with E-state index in [1.54, 1.807) is 0 Å². The highest BCUT2D eigenvalue weighted by Gasteiger charge is 2.19. The summed E-state index contributed by atoms with van der Waals surface area (Å²) in [5, 5.41) is 0.490. The van der Waals surface area contributed by atoms with E-state index >= 15 is 0 Å². The van der Waals surface area contributed by atoms with Crippen LogP contribution in [0.2, 0.25) is 0 Å². The minimum atomic E-state index is -0.0437. The van der Waals surface area contributed by atoms with Crippen LogP contribution in [-0.2, 0) is 0 Å². The lowest BCUT2D eigenvalue weighted by Gasteiger charge is -2.22. The van der Waals surface area contributed by atoms with Crippen molar-refractivity contribution >= 4 is 23.5 Å². The van der Waals surface area contributed by atoms with Gasteiger partial charge in [0.1, 0.15) is 0 Å². The summed E-state index contributed by atoms with van der Waals surface area (Å²) in [6.07, 6.45) is 5.21. The highest BCUT2D eigenvalue weighted by Crippen LogP contribution is 2.25. The maximum atomic E-state index is 5.68. The van der Waals surface area contributed by atoms with Crippen molar-refractivity contribution in [2.75, 3.05) is 17.3 Å². The zero-order valence-electron chi connectivity index (χ0n) is 5.75. The third kappa shape index (κ3) is 2.12. The standard InChI is InChI=1S/C7H11NS2/c1-2-6(8)7-5-9-3-4-10-7/h1,6-7H,3-5,8H2. The Hall–Kier alpha value is 0.220. The molecular formula is C7H11NS2. The number of thioether (sulfide) groups is 2. The first-order valence-corrected chi connectivity index (χ1v) is 5.46. The summed E-state index contributed by atoms with van der Waals surface area (Å²) in [5.41, 5.74) is 5.68. The fraction of sp³-hybridized carbons (Fsp3) is 0.714. The summed E-state index contributed by atoms with van der Waals surface area (Å²) in [6.45, 7) is 0. The Morgan fingerprint density at radius 3 is 2.90 bits per heavy atom. The molecule has 0 aliphatic carbocycles. The first-order valence-electron chi connectivity index (χ1n) is 3.25. The normalized spacial score (nSPS) is 29.0. The molecule has 0 spiro atoms. The summed E-state index contributed by atoms with van der Waals surface area (Å²) >= 11 is 3.86. The Kier molecular flexibility index (Phi) is 3.47. The van der Waals surface area contributed by atoms with E-state index in [0.29, 0.717) is 5.25 Å². The molecular weight excluding hydrogens is 162 g/mol. The Labute approximate surface area is 70.5 Å². The molecule has 0 bridgehead atoms. The van der Waals surface area contributed by atoms with Gasteiger partial charge < -0.3 is 5.73 Å². The van der Waals surface area contributed by atoms with Crippen molar-refractivity contribution in [1.82, 2.24) is 0 Å². The lowest BCUT2D eigenvalue weighted by Crippen LogP contribution is -2.34. The first kappa shape index (κ1) is 8.32. The van der Waals surface area contributed by atoms with Crippen LogP contribution in [0.15, 0.2) is 0 Å². The topological polar surface area (TPSA) is 26.0 Å². The molecule has 0 amide bonds. The molecule has 1 fully saturated rings. The largest absolute Gasteiger partial charge is 0.317 e. The van der Waals surface area contributed by atoms with E-state index < -0.39 is 0 Å². The van der Waals surface area contributed by atoms with Crippen molar-refractivity contribution < 1.29 is 0 Å². The van der Waals surface area contributed by atoms with Gasteiger partial charge in [-0.2, -0.15) is 23.5 Å². The van der Waals surface area contributed by atoms with Gasteiger partial charge in [0.2, 0.25) is 0 Å². The van der Waals surface area contributed by atoms with Crippen LogP contribution in [0.25, 0.3) is 0 Å². The van der Waals surface area contributed by atoms with Gasteiger partial charge in [-0.1, -0.05) is 5.92 Å². The van der Waals surface area contributed by atoms with E-state index in [2.05, 4.69) is 5.92 Å². The van der Waals surface area contributed by atoms with Crippen LogP contribution in [0.4, 0.5) is 0 Å². The van der Waals surface area contributed by atoms with Crippen LogP contribution in [0, 0.1) is 12.3 Å². The summed E-state index contributed by atoms with van der Waals surface area (Å²) in [6, 6.07) is -0.0437. The van der Waals surface area contributed by atoms with Crippen LogP contribution in [0.1, 0.15) is 0 Å². The van der Waals surface area contributed by atoms with E-state index in [4.69, 9.17) is 12.2 Å². The van der Waals surface area contributed by atoms with Crippen LogP contribution < -0.4 is 5.73 Å². The second kappa shape index (κ2) is 4.17. The number of terminal acetylenes is 1. The quantitative estimate of drug-likeness (QED) is 0.594. The SMILES string of the molecule is C#CC(N)C1CSCCS1. The van der Waals surface area contributed by atoms with Crippen molar-refractivity contribution in [3.05, 3.63) is 0 Å². The van der Waals surface area contributed by atoms with Crippen LogP contribution >= 0.6 is 23.5 Å². The van der Waals surface area contributed by atoms with Gasteiger partial charge in [0.15, 0.2) is 0 Å². The molecule has 10 heavy (non-hydrogen) atoms. The third-order valence-electron chi connectivity index (χ3n) is 1.43. The fourth-order valence-electron chi connectivity index (χ4n) is 0.821. The van der Waals surface area contributed by atoms with Gasteiger partial charge in [-0.25, -0.2) is 0 Å². The highest BCUT2D eigenvalue weighted by atomic mass is 32.2. The zero-order valence-corrected chi connectivity index (χ0v) is 7.38. The molecule has 56 valence electrons. The maximum absolute atomic E-state index is 5.68. The van der Waals surface area contributed by atoms with Crippen LogP contribution in [0.3, 0.4) is 0 Å². The average molecular weight is 173 g/mol. The predicted octanol–water partition coefficient (Wildman–Crippen LogP) is 0.796. The minimum Gasteiger partial charge on any atom is -0.317 e. The number of rotatable bonds is 1. The molecule has 0 aromatic carbocycles. The van der Waals surface area contributed by atoms with Gasteiger partial charge in [0.25, 0.3) is 0 Å². The van der Waals surface area contributed by atoms with E-state index in [-0.39, 0.29) is 6.04 Å². The molecule has 1 rings (SSSR count). The molecule has 2 unspecified atom stereocenters. The van der Waals surface area contributed by atoms with Crippen molar-refractivity contribution in [3.63, 3.8) is 0 Å². The van der Waals surface area contributed by atoms with Crippen molar-refractivity contribution in [3.8, 4) is 12.3 Å². The monoisotopic (exact) mass is 173 g/mol. The van der Waals surface area contributed by atoms with Gasteiger partial charge in [-0.15, -0.1) is 6.42 Å². The van der Waals surface area contributed by atoms with Crippen molar-refractivity contribution in [2.24, 2.45) is 5.73 Å². The van der Waals surface area contributed by atoms with Gasteiger partial charge in [0, 0.05) is 22.5 Å². The van der Waals surface area contributed by atoms with Crippen molar-refractivity contribution in [1.29, 1.82) is 0 Å². The molecule has 0 aromatic heterocycles. The second-order valence-corrected chi connectivity index (χ2v) is 4.67. The summed E-state index contributed by atoms with van der Waals surface area (Å²) in [7, 11) is 0. The molecule has 0 saturated carbocycles. The predicted molar refractivity (Wildman–Crippen MR) is 50.4 cm³/mol. The number of nitrogens with two attached hydrogens (primary N) is 1. The lowest BCUT2D eigenvalue weighted by atomic mass is 10.2. The van der Waals surface area contributed by atoms with Crippen LogP contribution in [0.5, 0.6) is 0 Å². The van der Waals surface area contributed by atoms with E-state index in [1.807, 2.05) is 23.5 Å². The van der Waals surface area contributed by atoms with Gasteiger partial charge in [-0.3, -0.25) is 0 Å². The number of hydrogen-bond donors (Lipinski definition) is 1. The van der Waals surface area contributed by atoms with Gasteiger partial charge >= 0.3 is 0 Å². The Balaban J connectivity index is 2.33. The average Bonchev–Trinajstić information content (AvgIpc) is 2.05. The summed E-state index contributed by atoms with van der Waals surface area (Å²) in [5.74, 6) is 6.15. The molecule has 1 aliphatic heterocycles. The summed E-state index contributed by atoms with van der Waals surface area (Å²) in [4.78, 5) is 0. The summed E-state index contributed by atoms with van der Waals surface area (Å²) < 4.78 is 0. The Morgan fingerprint density at radius 2 is 2.40 bits per heavy atom. The molecule has 1 nitrogen and oxygen atoms in total. The number of hydrogen-bond acceptors (Lipinski definition) is 3. The van der Waals surface area contributed by atoms with Crippen molar-refractivity contribution in [2.45, 2.75) is 11.3 Å². The molecule has 1 heterocycles. The first-order chi connectivity index (χ1) is 4.84. The smallest absolute Gasteiger partial charge is 0.0790 e.